The van der Waals surface area contributed by atoms with E-state index in [0.29, 0.717) is 17.7 Å². The number of carboxylic acids is 1. The van der Waals surface area contributed by atoms with Crippen molar-refractivity contribution in [3.05, 3.63) is 21.4 Å². The highest BCUT2D eigenvalue weighted by Gasteiger charge is 2.41. The first kappa shape index (κ1) is 17.3. The van der Waals surface area contributed by atoms with E-state index in [9.17, 15) is 14.7 Å². The van der Waals surface area contributed by atoms with Crippen LogP contribution in [0.4, 0.5) is 0 Å². The van der Waals surface area contributed by atoms with Crippen molar-refractivity contribution in [1.29, 1.82) is 0 Å². The second-order valence-electron chi connectivity index (χ2n) is 5.62. The van der Waals surface area contributed by atoms with Crippen LogP contribution in [0, 0.1) is 0 Å². The van der Waals surface area contributed by atoms with Gasteiger partial charge in [-0.3, -0.25) is 4.79 Å². The zero-order valence-corrected chi connectivity index (χ0v) is 14.7. The van der Waals surface area contributed by atoms with E-state index < -0.39 is 11.5 Å². The minimum atomic E-state index is -1.09. The molecule has 2 rings (SSSR count). The highest BCUT2D eigenvalue weighted by molar-refractivity contribution is 7.99. The molecule has 0 aromatic carbocycles. The van der Waals surface area contributed by atoms with Crippen molar-refractivity contribution in [3.8, 4) is 0 Å². The van der Waals surface area contributed by atoms with Crippen molar-refractivity contribution >= 4 is 35.0 Å². The molecule has 0 radical (unpaired) electrons. The minimum absolute atomic E-state index is 0.239. The van der Waals surface area contributed by atoms with E-state index in [4.69, 9.17) is 0 Å². The van der Waals surface area contributed by atoms with E-state index in [1.54, 1.807) is 11.8 Å². The summed E-state index contributed by atoms with van der Waals surface area (Å²) in [5.41, 5.74) is 0.115. The Morgan fingerprint density at radius 2 is 2.00 bits per heavy atom. The Labute approximate surface area is 139 Å². The number of aryl methyl sites for hydroxylation is 2. The molecule has 6 heteroatoms. The third-order valence-corrected chi connectivity index (χ3v) is 6.31. The van der Waals surface area contributed by atoms with Crippen LogP contribution in [0.25, 0.3) is 0 Å². The summed E-state index contributed by atoms with van der Waals surface area (Å²) in [4.78, 5) is 26.1. The van der Waals surface area contributed by atoms with Crippen LogP contribution in [0.5, 0.6) is 0 Å². The third-order valence-electron chi connectivity index (χ3n) is 4.09. The van der Waals surface area contributed by atoms with Crippen LogP contribution in [-0.4, -0.2) is 34.0 Å². The highest BCUT2D eigenvalue weighted by atomic mass is 32.2. The van der Waals surface area contributed by atoms with Crippen molar-refractivity contribution in [1.82, 2.24) is 5.32 Å². The highest BCUT2D eigenvalue weighted by Crippen LogP contribution is 2.29. The molecule has 0 bridgehead atoms. The molecule has 1 fully saturated rings. The maximum absolute atomic E-state index is 12.5. The number of carbonyl (C=O) groups is 2. The van der Waals surface area contributed by atoms with Crippen LogP contribution in [0.2, 0.25) is 0 Å². The van der Waals surface area contributed by atoms with Gasteiger partial charge in [-0.05, 0) is 48.8 Å². The minimum Gasteiger partial charge on any atom is -0.480 e. The van der Waals surface area contributed by atoms with Gasteiger partial charge in [0.15, 0.2) is 0 Å². The lowest BCUT2D eigenvalue weighted by Crippen LogP contribution is -2.56. The number of amides is 1. The number of thioether (sulfide) groups is 1. The fourth-order valence-electron chi connectivity index (χ4n) is 2.71. The lowest BCUT2D eigenvalue weighted by Gasteiger charge is -2.33. The molecule has 0 spiro atoms. The van der Waals surface area contributed by atoms with Crippen LogP contribution >= 0.6 is 23.1 Å². The number of thiophene rings is 1. The second-order valence-corrected chi connectivity index (χ2v) is 7.98. The molecule has 2 N–H and O–H groups in total. The predicted octanol–water partition coefficient (Wildman–Crippen LogP) is 3.34. The Bertz CT molecular complexity index is 548. The zero-order chi connectivity index (χ0) is 16.2. The van der Waals surface area contributed by atoms with E-state index in [0.717, 1.165) is 30.8 Å². The molecular weight excluding hydrogens is 318 g/mol. The molecule has 1 amide bonds. The number of carbonyl (C=O) groups excluding carboxylic acids is 1. The molecule has 0 atom stereocenters. The first-order chi connectivity index (χ1) is 10.5. The standard InChI is InChI=1S/C16H23NO3S2/c1-3-5-12-11(4-2)10-13(22-12)14(18)17-16(15(19)20)6-8-21-9-7-16/h10H,3-9H2,1-2H3,(H,17,18)(H,19,20). The van der Waals surface area contributed by atoms with E-state index in [1.165, 1.54) is 21.8 Å². The molecule has 1 aromatic heterocycles. The van der Waals surface area contributed by atoms with Crippen LogP contribution in [0.1, 0.15) is 53.2 Å². The number of hydrogen-bond acceptors (Lipinski definition) is 4. The summed E-state index contributed by atoms with van der Waals surface area (Å²) in [5.74, 6) is 0.398. The Kier molecular flexibility index (Phi) is 5.92. The molecular formula is C16H23NO3S2. The molecule has 0 saturated carbocycles. The second kappa shape index (κ2) is 7.51. The van der Waals surface area contributed by atoms with E-state index in [-0.39, 0.29) is 5.91 Å². The van der Waals surface area contributed by atoms with Gasteiger partial charge in [-0.2, -0.15) is 11.8 Å². The van der Waals surface area contributed by atoms with Gasteiger partial charge in [0.1, 0.15) is 5.54 Å². The average molecular weight is 341 g/mol. The first-order valence-corrected chi connectivity index (χ1v) is 9.74. The summed E-state index contributed by atoms with van der Waals surface area (Å²) in [5, 5.41) is 12.4. The molecule has 1 aromatic rings. The molecule has 0 unspecified atom stereocenters. The number of rotatable bonds is 6. The fourth-order valence-corrected chi connectivity index (χ4v) is 5.15. The molecule has 1 aliphatic heterocycles. The summed E-state index contributed by atoms with van der Waals surface area (Å²) in [6.07, 6.45) is 3.91. The number of nitrogens with one attached hydrogen (secondary N) is 1. The fraction of sp³-hybridized carbons (Fsp3) is 0.625. The number of carboxylic acid groups (broad SMARTS) is 1. The molecule has 1 aliphatic rings. The number of aliphatic carboxylic acids is 1. The van der Waals surface area contributed by atoms with Gasteiger partial charge in [-0.25, -0.2) is 4.79 Å². The van der Waals surface area contributed by atoms with Crippen LogP contribution in [0.15, 0.2) is 6.07 Å². The zero-order valence-electron chi connectivity index (χ0n) is 13.1. The molecule has 2 heterocycles. The van der Waals surface area contributed by atoms with Gasteiger partial charge in [0.2, 0.25) is 0 Å². The Morgan fingerprint density at radius 1 is 1.32 bits per heavy atom. The van der Waals surface area contributed by atoms with Gasteiger partial charge in [0, 0.05) is 4.88 Å². The maximum atomic E-state index is 12.5. The Balaban J connectivity index is 2.18. The summed E-state index contributed by atoms with van der Waals surface area (Å²) < 4.78 is 0. The number of hydrogen-bond donors (Lipinski definition) is 2. The molecule has 1 saturated heterocycles. The SMILES string of the molecule is CCCc1sc(C(=O)NC2(C(=O)O)CCSCC2)cc1CC. The lowest BCUT2D eigenvalue weighted by molar-refractivity contribution is -0.144. The van der Waals surface area contributed by atoms with E-state index >= 15 is 0 Å². The van der Waals surface area contributed by atoms with Gasteiger partial charge >= 0.3 is 5.97 Å². The van der Waals surface area contributed by atoms with Crippen molar-refractivity contribution in [2.24, 2.45) is 0 Å². The quantitative estimate of drug-likeness (QED) is 0.833. The maximum Gasteiger partial charge on any atom is 0.329 e. The summed E-state index contributed by atoms with van der Waals surface area (Å²) in [6.45, 7) is 4.21. The van der Waals surface area contributed by atoms with Gasteiger partial charge in [-0.15, -0.1) is 11.3 Å². The largest absolute Gasteiger partial charge is 0.480 e. The van der Waals surface area contributed by atoms with Crippen molar-refractivity contribution in [2.75, 3.05) is 11.5 Å². The van der Waals surface area contributed by atoms with Gasteiger partial charge in [0.05, 0.1) is 4.88 Å². The van der Waals surface area contributed by atoms with E-state index in [2.05, 4.69) is 19.2 Å². The third kappa shape index (κ3) is 3.66. The van der Waals surface area contributed by atoms with Crippen LogP contribution in [0.3, 0.4) is 0 Å². The topological polar surface area (TPSA) is 66.4 Å². The Hall–Kier alpha value is -1.01. The van der Waals surface area contributed by atoms with Crippen molar-refractivity contribution in [3.63, 3.8) is 0 Å². The molecule has 22 heavy (non-hydrogen) atoms. The smallest absolute Gasteiger partial charge is 0.329 e. The first-order valence-electron chi connectivity index (χ1n) is 7.77. The summed E-state index contributed by atoms with van der Waals surface area (Å²) in [7, 11) is 0. The lowest BCUT2D eigenvalue weighted by atomic mass is 9.92. The summed E-state index contributed by atoms with van der Waals surface area (Å²) >= 11 is 3.25. The predicted molar refractivity (Wildman–Crippen MR) is 92.1 cm³/mol. The molecule has 4 nitrogen and oxygen atoms in total. The Morgan fingerprint density at radius 3 is 2.55 bits per heavy atom. The van der Waals surface area contributed by atoms with Crippen molar-refractivity contribution in [2.45, 2.75) is 51.5 Å². The summed E-state index contributed by atoms with van der Waals surface area (Å²) in [6, 6.07) is 1.93. The average Bonchev–Trinajstić information content (AvgIpc) is 2.91. The van der Waals surface area contributed by atoms with Gasteiger partial charge < -0.3 is 10.4 Å². The van der Waals surface area contributed by atoms with Crippen LogP contribution in [-0.2, 0) is 17.6 Å². The normalized spacial score (nSPS) is 17.2. The van der Waals surface area contributed by atoms with Gasteiger partial charge in [-0.1, -0.05) is 20.3 Å². The monoisotopic (exact) mass is 341 g/mol. The van der Waals surface area contributed by atoms with E-state index in [1.807, 2.05) is 6.07 Å². The van der Waals surface area contributed by atoms with Crippen molar-refractivity contribution < 1.29 is 14.7 Å². The molecule has 122 valence electrons. The van der Waals surface area contributed by atoms with Crippen LogP contribution < -0.4 is 5.32 Å². The van der Waals surface area contributed by atoms with Gasteiger partial charge in [0.25, 0.3) is 5.91 Å². The molecule has 0 aliphatic carbocycles.